The van der Waals surface area contributed by atoms with E-state index in [0.717, 1.165) is 11.1 Å². The number of hydrogen-bond acceptors (Lipinski definition) is 6. The van der Waals surface area contributed by atoms with Gasteiger partial charge in [0.1, 0.15) is 18.8 Å². The molecule has 3 atom stereocenters. The van der Waals surface area contributed by atoms with Crippen molar-refractivity contribution in [1.82, 2.24) is 10.6 Å². The Bertz CT molecular complexity index is 907. The molecule has 0 radical (unpaired) electrons. The third kappa shape index (κ3) is 9.99. The third-order valence-corrected chi connectivity index (χ3v) is 5.24. The number of rotatable bonds is 13. The summed E-state index contributed by atoms with van der Waals surface area (Å²) in [7, 11) is 0. The average molecular weight is 472 g/mol. The molecule has 9 heteroatoms. The summed E-state index contributed by atoms with van der Waals surface area (Å²) in [5.74, 6) is -0.442. The predicted octanol–water partition coefficient (Wildman–Crippen LogP) is 3.08. The van der Waals surface area contributed by atoms with Gasteiger partial charge in [0.25, 0.3) is 0 Å². The minimum absolute atomic E-state index is 0.0595. The molecule has 0 saturated carbocycles. The van der Waals surface area contributed by atoms with Crippen molar-refractivity contribution in [2.24, 2.45) is 5.92 Å². The fourth-order valence-electron chi connectivity index (χ4n) is 3.50. The Balaban J connectivity index is 2.03. The maximum Gasteiger partial charge on any atom is 0.408 e. The summed E-state index contributed by atoms with van der Waals surface area (Å²) in [6.45, 7) is 3.18. The lowest BCUT2D eigenvalue weighted by Crippen LogP contribution is -2.54. The number of aliphatic hydroxyl groups is 1. The third-order valence-electron chi connectivity index (χ3n) is 5.24. The summed E-state index contributed by atoms with van der Waals surface area (Å²) in [6.07, 6.45) is -0.952. The maximum atomic E-state index is 13.0. The molecule has 0 aliphatic carbocycles. The standard InChI is InChI=1S/C25H33N3O6/c1-18(2)15-22(27-25(31)34-17-20-11-7-4-8-12-20)24(30)26-21(23(29)16-28(32)33)14-13-19-9-5-3-6-10-19/h3-12,18,21-23,29H,13-17H2,1-2H3,(H,26,30)(H,27,31)/t21?,22-,23?/m0/s1. The van der Waals surface area contributed by atoms with Crippen LogP contribution in [0, 0.1) is 16.0 Å². The van der Waals surface area contributed by atoms with Gasteiger partial charge in [0, 0.05) is 4.92 Å². The normalized spacial score (nSPS) is 13.5. The van der Waals surface area contributed by atoms with E-state index in [2.05, 4.69) is 10.6 Å². The lowest BCUT2D eigenvalue weighted by molar-refractivity contribution is -0.491. The Hall–Kier alpha value is -3.46. The van der Waals surface area contributed by atoms with Crippen LogP contribution in [0.2, 0.25) is 0 Å². The number of carbonyl (C=O) groups is 2. The molecule has 2 aromatic carbocycles. The van der Waals surface area contributed by atoms with Crippen molar-refractivity contribution in [3.05, 3.63) is 81.9 Å². The smallest absolute Gasteiger partial charge is 0.408 e. The Labute approximate surface area is 199 Å². The zero-order chi connectivity index (χ0) is 24.9. The number of nitrogens with one attached hydrogen (secondary N) is 2. The van der Waals surface area contributed by atoms with Crippen molar-refractivity contribution in [3.8, 4) is 0 Å². The van der Waals surface area contributed by atoms with Crippen LogP contribution < -0.4 is 10.6 Å². The average Bonchev–Trinajstić information content (AvgIpc) is 2.80. The van der Waals surface area contributed by atoms with Crippen molar-refractivity contribution in [3.63, 3.8) is 0 Å². The first-order valence-corrected chi connectivity index (χ1v) is 11.4. The van der Waals surface area contributed by atoms with Crippen molar-refractivity contribution in [2.45, 2.75) is 57.9 Å². The lowest BCUT2D eigenvalue weighted by Gasteiger charge is -2.26. The molecule has 0 saturated heterocycles. The number of aryl methyl sites for hydroxylation is 1. The predicted molar refractivity (Wildman–Crippen MR) is 128 cm³/mol. The Kier molecular flexibility index (Phi) is 11.0. The van der Waals surface area contributed by atoms with Crippen LogP contribution in [-0.4, -0.2) is 46.8 Å². The van der Waals surface area contributed by atoms with Gasteiger partial charge in [0.05, 0.1) is 6.04 Å². The molecule has 2 rings (SSSR count). The van der Waals surface area contributed by atoms with Gasteiger partial charge in [-0.2, -0.15) is 0 Å². The topological polar surface area (TPSA) is 131 Å². The lowest BCUT2D eigenvalue weighted by atomic mass is 9.99. The number of aliphatic hydroxyl groups excluding tert-OH is 1. The van der Waals surface area contributed by atoms with Crippen LogP contribution in [0.4, 0.5) is 4.79 Å². The van der Waals surface area contributed by atoms with Crippen molar-refractivity contribution in [1.29, 1.82) is 0 Å². The van der Waals surface area contributed by atoms with E-state index in [1.54, 1.807) is 0 Å². The molecule has 0 heterocycles. The van der Waals surface area contributed by atoms with Gasteiger partial charge in [0.2, 0.25) is 12.5 Å². The highest BCUT2D eigenvalue weighted by atomic mass is 16.6. The molecule has 0 aliphatic heterocycles. The van der Waals surface area contributed by atoms with Crippen molar-refractivity contribution >= 4 is 12.0 Å². The summed E-state index contributed by atoms with van der Waals surface area (Å²) >= 11 is 0. The maximum absolute atomic E-state index is 13.0. The van der Waals surface area contributed by atoms with E-state index in [9.17, 15) is 24.8 Å². The van der Waals surface area contributed by atoms with Crippen LogP contribution in [0.3, 0.4) is 0 Å². The van der Waals surface area contributed by atoms with Gasteiger partial charge < -0.3 is 20.5 Å². The van der Waals surface area contributed by atoms with Gasteiger partial charge in [-0.05, 0) is 36.3 Å². The van der Waals surface area contributed by atoms with Crippen LogP contribution in [0.1, 0.15) is 37.8 Å². The van der Waals surface area contributed by atoms with Gasteiger partial charge >= 0.3 is 6.09 Å². The summed E-state index contributed by atoms with van der Waals surface area (Å²) < 4.78 is 5.23. The molecule has 3 N–H and O–H groups in total. The second-order valence-electron chi connectivity index (χ2n) is 8.61. The molecule has 184 valence electrons. The summed E-state index contributed by atoms with van der Waals surface area (Å²) in [6, 6.07) is 16.8. The first-order valence-electron chi connectivity index (χ1n) is 11.4. The molecule has 0 fully saturated rings. The van der Waals surface area contributed by atoms with Crippen LogP contribution in [-0.2, 0) is 22.6 Å². The molecule has 0 aliphatic rings. The molecule has 0 spiro atoms. The van der Waals surface area contributed by atoms with Gasteiger partial charge in [-0.3, -0.25) is 14.9 Å². The number of ether oxygens (including phenoxy) is 1. The number of hydrogen-bond donors (Lipinski definition) is 3. The van der Waals surface area contributed by atoms with Gasteiger partial charge in [-0.1, -0.05) is 74.5 Å². The van der Waals surface area contributed by atoms with E-state index in [-0.39, 0.29) is 12.5 Å². The monoisotopic (exact) mass is 471 g/mol. The number of benzene rings is 2. The molecule has 0 bridgehead atoms. The fraction of sp³-hybridized carbons (Fsp3) is 0.440. The molecule has 2 aromatic rings. The second-order valence-corrected chi connectivity index (χ2v) is 8.61. The molecule has 2 amide bonds. The molecule has 2 unspecified atom stereocenters. The van der Waals surface area contributed by atoms with E-state index in [1.807, 2.05) is 74.5 Å². The molecular formula is C25H33N3O6. The van der Waals surface area contributed by atoms with Crippen LogP contribution in [0.5, 0.6) is 0 Å². The van der Waals surface area contributed by atoms with E-state index in [1.165, 1.54) is 0 Å². The van der Waals surface area contributed by atoms with Crippen molar-refractivity contribution < 1.29 is 24.4 Å². The molecule has 9 nitrogen and oxygen atoms in total. The van der Waals surface area contributed by atoms with Gasteiger partial charge in [-0.15, -0.1) is 0 Å². The van der Waals surface area contributed by atoms with Gasteiger partial charge in [0.15, 0.2) is 0 Å². The highest BCUT2D eigenvalue weighted by Crippen LogP contribution is 2.11. The Morgan fingerprint density at radius 2 is 1.59 bits per heavy atom. The van der Waals surface area contributed by atoms with Crippen LogP contribution in [0.25, 0.3) is 0 Å². The first kappa shape index (κ1) is 26.8. The molecule has 34 heavy (non-hydrogen) atoms. The Morgan fingerprint density at radius 3 is 2.15 bits per heavy atom. The van der Waals surface area contributed by atoms with Crippen LogP contribution in [0.15, 0.2) is 60.7 Å². The zero-order valence-corrected chi connectivity index (χ0v) is 19.6. The van der Waals surface area contributed by atoms with E-state index < -0.39 is 41.7 Å². The zero-order valence-electron chi connectivity index (χ0n) is 19.6. The summed E-state index contributed by atoms with van der Waals surface area (Å²) in [5, 5.41) is 26.6. The van der Waals surface area contributed by atoms with Crippen molar-refractivity contribution in [2.75, 3.05) is 6.54 Å². The second kappa shape index (κ2) is 13.9. The minimum atomic E-state index is -1.37. The summed E-state index contributed by atoms with van der Waals surface area (Å²) in [5.41, 5.74) is 1.79. The molecule has 0 aromatic heterocycles. The fourth-order valence-corrected chi connectivity index (χ4v) is 3.50. The van der Waals surface area contributed by atoms with Gasteiger partial charge in [-0.25, -0.2) is 4.79 Å². The number of carbonyl (C=O) groups excluding carboxylic acids is 2. The SMILES string of the molecule is CC(C)C[C@H](NC(=O)OCc1ccccc1)C(=O)NC(CCc1ccccc1)C(O)C[N+](=O)[O-]. The van der Waals surface area contributed by atoms with Crippen LogP contribution >= 0.6 is 0 Å². The molecular weight excluding hydrogens is 438 g/mol. The largest absolute Gasteiger partial charge is 0.445 e. The number of alkyl carbamates (subject to hydrolysis) is 1. The number of nitrogens with zero attached hydrogens (tertiary/aromatic N) is 1. The van der Waals surface area contributed by atoms with E-state index in [4.69, 9.17) is 4.74 Å². The highest BCUT2D eigenvalue weighted by molar-refractivity contribution is 5.85. The quantitative estimate of drug-likeness (QED) is 0.304. The Morgan fingerprint density at radius 1 is 1.00 bits per heavy atom. The highest BCUT2D eigenvalue weighted by Gasteiger charge is 2.30. The minimum Gasteiger partial charge on any atom is -0.445 e. The number of nitro groups is 1. The first-order chi connectivity index (χ1) is 16.2. The van der Waals surface area contributed by atoms with E-state index >= 15 is 0 Å². The number of amides is 2. The summed E-state index contributed by atoms with van der Waals surface area (Å²) in [4.78, 5) is 35.7. The van der Waals surface area contributed by atoms with E-state index in [0.29, 0.717) is 19.3 Å².